The van der Waals surface area contributed by atoms with Crippen LogP contribution in [0.2, 0.25) is 0 Å². The van der Waals surface area contributed by atoms with Crippen LogP contribution in [0, 0.1) is 0 Å². The van der Waals surface area contributed by atoms with E-state index in [2.05, 4.69) is 26.0 Å². The summed E-state index contributed by atoms with van der Waals surface area (Å²) in [6, 6.07) is 0. The van der Waals surface area contributed by atoms with E-state index >= 15 is 0 Å². The summed E-state index contributed by atoms with van der Waals surface area (Å²) < 4.78 is 0.981. The number of carbonyl (C=O) groups excluding carboxylic acids is 2. The molecule has 0 radical (unpaired) electrons. The predicted octanol–water partition coefficient (Wildman–Crippen LogP) is 2.02. The molecular weight excluding hydrogens is 304 g/mol. The average molecular weight is 341 g/mol. The lowest BCUT2D eigenvalue weighted by molar-refractivity contribution is -0.890. The summed E-state index contributed by atoms with van der Waals surface area (Å²) in [5, 5.41) is 13.2. The van der Waals surface area contributed by atoms with Crippen molar-refractivity contribution in [1.82, 2.24) is 5.32 Å². The minimum absolute atomic E-state index is 0.0556. The summed E-state index contributed by atoms with van der Waals surface area (Å²) in [6.07, 6.45) is 8.88. The fourth-order valence-corrected chi connectivity index (χ4v) is 2.66. The van der Waals surface area contributed by atoms with Gasteiger partial charge in [0.05, 0.1) is 27.2 Å². The Morgan fingerprint density at radius 2 is 1.42 bits per heavy atom. The number of carbonyl (C=O) groups is 2. The van der Waals surface area contributed by atoms with E-state index in [9.17, 15) is 14.7 Å². The van der Waals surface area contributed by atoms with Gasteiger partial charge in [0.15, 0.2) is 0 Å². The lowest BCUT2D eigenvalue weighted by Gasteiger charge is -2.30. The van der Waals surface area contributed by atoms with Gasteiger partial charge in [0.25, 0.3) is 0 Å². The van der Waals surface area contributed by atoms with Crippen LogP contribution in [-0.4, -0.2) is 50.1 Å². The molecule has 24 heavy (non-hydrogen) atoms. The second-order valence-electron chi connectivity index (χ2n) is 7.37. The summed E-state index contributed by atoms with van der Waals surface area (Å²) >= 11 is 0. The SMILES string of the molecule is C=C(C)C(=O)NCCC[N+](C)(C)CCCCCCCCCC(=O)[O-]. The maximum Gasteiger partial charge on any atom is 0.246 e. The van der Waals surface area contributed by atoms with Crippen molar-refractivity contribution in [3.63, 3.8) is 0 Å². The third-order valence-electron chi connectivity index (χ3n) is 4.26. The maximum atomic E-state index is 11.4. The molecule has 0 spiro atoms. The monoisotopic (exact) mass is 340 g/mol. The number of hydrogen-bond acceptors (Lipinski definition) is 3. The highest BCUT2D eigenvalue weighted by atomic mass is 16.4. The number of rotatable bonds is 15. The van der Waals surface area contributed by atoms with E-state index in [0.29, 0.717) is 12.1 Å². The molecule has 0 saturated carbocycles. The number of amides is 1. The standard InChI is InChI=1S/C19H36N2O3/c1-17(2)19(24)20-14-12-16-21(3,4)15-11-9-7-5-6-8-10-13-18(22)23/h1,5-16H2,2-4H3,(H-,20,22,23,24). The van der Waals surface area contributed by atoms with Crippen molar-refractivity contribution >= 4 is 11.9 Å². The second kappa shape index (κ2) is 13.0. The molecule has 5 nitrogen and oxygen atoms in total. The molecule has 140 valence electrons. The van der Waals surface area contributed by atoms with Gasteiger partial charge in [0, 0.05) is 24.5 Å². The van der Waals surface area contributed by atoms with Crippen molar-refractivity contribution in [1.29, 1.82) is 0 Å². The molecule has 0 aromatic rings. The van der Waals surface area contributed by atoms with E-state index in [4.69, 9.17) is 0 Å². The fraction of sp³-hybridized carbons (Fsp3) is 0.789. The molecule has 0 aromatic heterocycles. The molecule has 0 saturated heterocycles. The molecule has 0 bridgehead atoms. The Balaban J connectivity index is 3.51. The van der Waals surface area contributed by atoms with Crippen molar-refractivity contribution in [3.8, 4) is 0 Å². The molecular formula is C19H36N2O3. The highest BCUT2D eigenvalue weighted by molar-refractivity contribution is 5.91. The third-order valence-corrected chi connectivity index (χ3v) is 4.26. The molecule has 0 aromatic carbocycles. The molecule has 0 atom stereocenters. The van der Waals surface area contributed by atoms with E-state index in [1.54, 1.807) is 6.92 Å². The number of unbranched alkanes of at least 4 members (excludes halogenated alkanes) is 6. The third kappa shape index (κ3) is 14.2. The zero-order valence-electron chi connectivity index (χ0n) is 15.9. The Morgan fingerprint density at radius 1 is 0.917 bits per heavy atom. The van der Waals surface area contributed by atoms with Crippen molar-refractivity contribution < 1.29 is 19.2 Å². The van der Waals surface area contributed by atoms with Crippen molar-refractivity contribution in [2.45, 2.75) is 64.7 Å². The van der Waals surface area contributed by atoms with Gasteiger partial charge in [0.2, 0.25) is 5.91 Å². The van der Waals surface area contributed by atoms with Gasteiger partial charge >= 0.3 is 0 Å². The number of nitrogens with one attached hydrogen (secondary N) is 1. The Bertz CT molecular complexity index is 392. The summed E-state index contributed by atoms with van der Waals surface area (Å²) in [5.74, 6) is -0.992. The van der Waals surface area contributed by atoms with Crippen molar-refractivity contribution in [2.75, 3.05) is 33.7 Å². The Hall–Kier alpha value is -1.36. The van der Waals surface area contributed by atoms with Crippen LogP contribution >= 0.6 is 0 Å². The van der Waals surface area contributed by atoms with Gasteiger partial charge in [-0.2, -0.15) is 0 Å². The molecule has 5 heteroatoms. The first-order valence-electron chi connectivity index (χ1n) is 9.20. The molecule has 0 aliphatic carbocycles. The van der Waals surface area contributed by atoms with Crippen molar-refractivity contribution in [3.05, 3.63) is 12.2 Å². The van der Waals surface area contributed by atoms with Gasteiger partial charge in [-0.15, -0.1) is 0 Å². The lowest BCUT2D eigenvalue weighted by atomic mass is 10.1. The van der Waals surface area contributed by atoms with E-state index in [1.165, 1.54) is 25.7 Å². The summed E-state index contributed by atoms with van der Waals surface area (Å²) in [5.41, 5.74) is 0.559. The van der Waals surface area contributed by atoms with Crippen LogP contribution in [0.5, 0.6) is 0 Å². The highest BCUT2D eigenvalue weighted by Gasteiger charge is 2.14. The van der Waals surface area contributed by atoms with Gasteiger partial charge in [-0.3, -0.25) is 4.79 Å². The molecule has 0 aliphatic heterocycles. The summed E-state index contributed by atoms with van der Waals surface area (Å²) in [4.78, 5) is 21.7. The molecule has 0 fully saturated rings. The fourth-order valence-electron chi connectivity index (χ4n) is 2.66. The van der Waals surface area contributed by atoms with Crippen LogP contribution in [-0.2, 0) is 9.59 Å². The Morgan fingerprint density at radius 3 is 1.96 bits per heavy atom. The molecule has 0 rings (SSSR count). The van der Waals surface area contributed by atoms with E-state index in [-0.39, 0.29) is 12.3 Å². The van der Waals surface area contributed by atoms with E-state index in [1.807, 2.05) is 0 Å². The number of carboxylic acids is 1. The number of hydrogen-bond donors (Lipinski definition) is 1. The number of aliphatic carboxylic acids is 1. The van der Waals surface area contributed by atoms with Gasteiger partial charge in [-0.25, -0.2) is 0 Å². The first-order valence-corrected chi connectivity index (χ1v) is 9.20. The number of nitrogens with zero attached hydrogens (tertiary/aromatic N) is 1. The van der Waals surface area contributed by atoms with E-state index in [0.717, 1.165) is 43.3 Å². The first kappa shape index (κ1) is 22.6. The highest BCUT2D eigenvalue weighted by Crippen LogP contribution is 2.10. The number of quaternary nitrogens is 1. The minimum atomic E-state index is -0.936. The smallest absolute Gasteiger partial charge is 0.246 e. The van der Waals surface area contributed by atoms with Crippen LogP contribution in [0.1, 0.15) is 64.7 Å². The van der Waals surface area contributed by atoms with Crippen LogP contribution < -0.4 is 10.4 Å². The molecule has 0 heterocycles. The van der Waals surface area contributed by atoms with Gasteiger partial charge < -0.3 is 19.7 Å². The van der Waals surface area contributed by atoms with E-state index < -0.39 is 5.97 Å². The maximum absolute atomic E-state index is 11.4. The Labute approximate surface area is 147 Å². The van der Waals surface area contributed by atoms with Crippen LogP contribution in [0.15, 0.2) is 12.2 Å². The minimum Gasteiger partial charge on any atom is -0.550 e. The van der Waals surface area contributed by atoms with Gasteiger partial charge in [0.1, 0.15) is 0 Å². The molecule has 0 unspecified atom stereocenters. The summed E-state index contributed by atoms with van der Waals surface area (Å²) in [7, 11) is 4.47. The lowest BCUT2D eigenvalue weighted by Crippen LogP contribution is -2.42. The number of carboxylic acid groups (broad SMARTS) is 1. The topological polar surface area (TPSA) is 69.2 Å². The molecule has 1 N–H and O–H groups in total. The average Bonchev–Trinajstić information content (AvgIpc) is 2.49. The van der Waals surface area contributed by atoms with Crippen molar-refractivity contribution in [2.24, 2.45) is 0 Å². The molecule has 1 amide bonds. The van der Waals surface area contributed by atoms with Crippen LogP contribution in [0.4, 0.5) is 0 Å². The summed E-state index contributed by atoms with van der Waals surface area (Å²) in [6.45, 7) is 8.26. The predicted molar refractivity (Wildman–Crippen MR) is 96.2 cm³/mol. The van der Waals surface area contributed by atoms with Crippen LogP contribution in [0.3, 0.4) is 0 Å². The first-order chi connectivity index (χ1) is 11.2. The zero-order chi connectivity index (χ0) is 18.4. The zero-order valence-corrected chi connectivity index (χ0v) is 15.9. The quantitative estimate of drug-likeness (QED) is 0.282. The Kier molecular flexibility index (Phi) is 12.3. The molecule has 0 aliphatic rings. The second-order valence-corrected chi connectivity index (χ2v) is 7.37. The normalized spacial score (nSPS) is 11.3. The largest absolute Gasteiger partial charge is 0.550 e. The van der Waals surface area contributed by atoms with Crippen LogP contribution in [0.25, 0.3) is 0 Å². The van der Waals surface area contributed by atoms with Gasteiger partial charge in [-0.1, -0.05) is 32.3 Å². The van der Waals surface area contributed by atoms with Gasteiger partial charge in [-0.05, 0) is 32.6 Å².